The number of pyridine rings is 1. The molecule has 3 rings (SSSR count). The lowest BCUT2D eigenvalue weighted by molar-refractivity contribution is 0.0519. The summed E-state index contributed by atoms with van der Waals surface area (Å²) in [7, 11) is 0. The molecule has 0 unspecified atom stereocenters. The fourth-order valence-electron chi connectivity index (χ4n) is 2.29. The third kappa shape index (κ3) is 3.16. The summed E-state index contributed by atoms with van der Waals surface area (Å²) in [5, 5.41) is 0.730. The van der Waals surface area contributed by atoms with Gasteiger partial charge in [-0.3, -0.25) is 4.90 Å². The Balaban J connectivity index is 1.87. The van der Waals surface area contributed by atoms with Crippen molar-refractivity contribution in [1.82, 2.24) is 4.98 Å². The molecule has 0 spiro atoms. The van der Waals surface area contributed by atoms with E-state index < -0.39 is 12.1 Å². The van der Waals surface area contributed by atoms with E-state index in [9.17, 15) is 9.59 Å². The van der Waals surface area contributed by atoms with Gasteiger partial charge in [-0.25, -0.2) is 14.6 Å². The van der Waals surface area contributed by atoms with Gasteiger partial charge in [0.05, 0.1) is 30.1 Å². The minimum absolute atomic E-state index is 0.164. The van der Waals surface area contributed by atoms with Crippen molar-refractivity contribution in [2.45, 2.75) is 13.5 Å². The summed E-state index contributed by atoms with van der Waals surface area (Å²) < 4.78 is 10.1. The minimum Gasteiger partial charge on any atom is -0.461 e. The lowest BCUT2D eigenvalue weighted by atomic mass is 10.1. The lowest BCUT2D eigenvalue weighted by Gasteiger charge is -2.28. The van der Waals surface area contributed by atoms with Gasteiger partial charge in [0, 0.05) is 10.6 Å². The van der Waals surface area contributed by atoms with Crippen LogP contribution < -0.4 is 9.64 Å². The van der Waals surface area contributed by atoms with Crippen molar-refractivity contribution >= 4 is 41.0 Å². The Bertz CT molecular complexity index is 808. The molecule has 0 radical (unpaired) electrons. The molecule has 1 aromatic carbocycles. The van der Waals surface area contributed by atoms with Gasteiger partial charge < -0.3 is 9.47 Å². The van der Waals surface area contributed by atoms with E-state index in [0.717, 1.165) is 0 Å². The number of ether oxygens (including phenoxy) is 2. The zero-order valence-corrected chi connectivity index (χ0v) is 14.1. The first kappa shape index (κ1) is 16.5. The third-order valence-corrected chi connectivity index (χ3v) is 3.87. The second kappa shape index (κ2) is 6.67. The van der Waals surface area contributed by atoms with Crippen LogP contribution in [0.1, 0.15) is 23.0 Å². The zero-order valence-electron chi connectivity index (χ0n) is 12.6. The molecule has 1 amide bonds. The Morgan fingerprint density at radius 3 is 2.83 bits per heavy atom. The highest BCUT2D eigenvalue weighted by atomic mass is 35.5. The monoisotopic (exact) mass is 366 g/mol. The number of halogens is 2. The van der Waals surface area contributed by atoms with E-state index in [1.54, 1.807) is 19.1 Å². The molecule has 0 saturated heterocycles. The van der Waals surface area contributed by atoms with Crippen LogP contribution in [0.3, 0.4) is 0 Å². The van der Waals surface area contributed by atoms with Crippen molar-refractivity contribution < 1.29 is 19.1 Å². The smallest absolute Gasteiger partial charge is 0.420 e. The van der Waals surface area contributed by atoms with E-state index in [1.165, 1.54) is 23.2 Å². The van der Waals surface area contributed by atoms with E-state index in [4.69, 9.17) is 32.7 Å². The second-order valence-electron chi connectivity index (χ2n) is 4.95. The Morgan fingerprint density at radius 1 is 1.38 bits per heavy atom. The molecule has 1 aromatic heterocycles. The van der Waals surface area contributed by atoms with Crippen molar-refractivity contribution in [3.8, 4) is 5.75 Å². The molecule has 1 aliphatic heterocycles. The van der Waals surface area contributed by atoms with Crippen LogP contribution in [0.25, 0.3) is 0 Å². The topological polar surface area (TPSA) is 68.7 Å². The summed E-state index contributed by atoms with van der Waals surface area (Å²) in [5.41, 5.74) is 1.33. The predicted octanol–water partition coefficient (Wildman–Crippen LogP) is 4.08. The van der Waals surface area contributed by atoms with E-state index in [2.05, 4.69) is 4.98 Å². The predicted molar refractivity (Wildman–Crippen MR) is 88.9 cm³/mol. The van der Waals surface area contributed by atoms with E-state index >= 15 is 0 Å². The van der Waals surface area contributed by atoms with Crippen LogP contribution in [-0.4, -0.2) is 23.7 Å². The van der Waals surface area contributed by atoms with Gasteiger partial charge in [-0.2, -0.15) is 0 Å². The first-order chi connectivity index (χ1) is 11.5. The average molecular weight is 367 g/mol. The summed E-state index contributed by atoms with van der Waals surface area (Å²) in [6.07, 6.45) is 0.822. The Hall–Kier alpha value is -2.31. The molecule has 0 N–H and O–H groups in total. The maximum atomic E-state index is 12.2. The molecular weight excluding hydrogens is 355 g/mol. The molecule has 0 saturated carbocycles. The van der Waals surface area contributed by atoms with Crippen LogP contribution in [-0.2, 0) is 11.3 Å². The van der Waals surface area contributed by atoms with E-state index in [1.807, 2.05) is 0 Å². The van der Waals surface area contributed by atoms with Crippen molar-refractivity contribution in [2.75, 3.05) is 11.5 Å². The molecule has 0 aliphatic carbocycles. The summed E-state index contributed by atoms with van der Waals surface area (Å²) in [6.45, 7) is 2.21. The first-order valence-electron chi connectivity index (χ1n) is 7.10. The number of carbonyl (C=O) groups excluding carboxylic acids is 2. The fourth-order valence-corrected chi connectivity index (χ4v) is 2.87. The second-order valence-corrected chi connectivity index (χ2v) is 5.80. The number of rotatable bonds is 3. The van der Waals surface area contributed by atoms with E-state index in [0.29, 0.717) is 22.0 Å². The Labute approximate surface area is 147 Å². The molecule has 8 heteroatoms. The minimum atomic E-state index is -0.586. The van der Waals surface area contributed by atoms with Gasteiger partial charge in [-0.1, -0.05) is 23.2 Å². The highest BCUT2D eigenvalue weighted by molar-refractivity contribution is 6.35. The largest absolute Gasteiger partial charge is 0.461 e. The van der Waals surface area contributed by atoms with Crippen LogP contribution in [0.5, 0.6) is 5.75 Å². The van der Waals surface area contributed by atoms with E-state index in [-0.39, 0.29) is 23.9 Å². The molecular formula is C16H12Cl2N2O4. The highest BCUT2D eigenvalue weighted by Gasteiger charge is 2.28. The molecule has 6 nitrogen and oxygen atoms in total. The van der Waals surface area contributed by atoms with Crippen LogP contribution in [0.4, 0.5) is 10.5 Å². The van der Waals surface area contributed by atoms with Crippen molar-refractivity contribution in [1.29, 1.82) is 0 Å². The third-order valence-electron chi connectivity index (χ3n) is 3.37. The number of hydrogen-bond donors (Lipinski definition) is 0. The number of anilines is 1. The van der Waals surface area contributed by atoms with Crippen molar-refractivity contribution in [2.24, 2.45) is 0 Å². The quantitative estimate of drug-likeness (QED) is 0.765. The summed E-state index contributed by atoms with van der Waals surface area (Å²) >= 11 is 12.0. The van der Waals surface area contributed by atoms with Gasteiger partial charge in [0.15, 0.2) is 5.75 Å². The lowest BCUT2D eigenvalue weighted by Crippen LogP contribution is -2.37. The number of amides is 1. The van der Waals surface area contributed by atoms with Gasteiger partial charge in [0.1, 0.15) is 5.69 Å². The molecule has 1 aliphatic rings. The first-order valence-corrected chi connectivity index (χ1v) is 7.85. The van der Waals surface area contributed by atoms with Gasteiger partial charge >= 0.3 is 12.1 Å². The van der Waals surface area contributed by atoms with Crippen LogP contribution in [0, 0.1) is 0 Å². The number of benzene rings is 1. The molecule has 0 fully saturated rings. The van der Waals surface area contributed by atoms with Crippen molar-refractivity contribution in [3.05, 3.63) is 51.8 Å². The van der Waals surface area contributed by atoms with Gasteiger partial charge in [0.25, 0.3) is 0 Å². The molecule has 24 heavy (non-hydrogen) atoms. The summed E-state index contributed by atoms with van der Waals surface area (Å²) in [6, 6.07) is 6.28. The molecule has 124 valence electrons. The fraction of sp³-hybridized carbons (Fsp3) is 0.188. The Morgan fingerprint density at radius 2 is 2.17 bits per heavy atom. The molecule has 0 bridgehead atoms. The number of fused-ring (bicyclic) bond motifs is 1. The molecule has 2 heterocycles. The Kier molecular flexibility index (Phi) is 4.59. The molecule has 0 atom stereocenters. The maximum absolute atomic E-state index is 12.2. The SMILES string of the molecule is CCOC(=O)c1ccc(N2Cc3cc(Cl)cc(Cl)c3OC2=O)cn1. The van der Waals surface area contributed by atoms with Crippen LogP contribution in [0.2, 0.25) is 10.0 Å². The standard InChI is InChI=1S/C16H12Cl2N2O4/c1-2-23-15(21)13-4-3-11(7-19-13)20-8-9-5-10(17)6-12(18)14(9)24-16(20)22/h3-7H,2,8H2,1H3. The van der Waals surface area contributed by atoms with Gasteiger partial charge in [0.2, 0.25) is 0 Å². The number of aromatic nitrogens is 1. The summed E-state index contributed by atoms with van der Waals surface area (Å²) in [4.78, 5) is 29.2. The molecule has 2 aromatic rings. The summed E-state index contributed by atoms with van der Waals surface area (Å²) in [5.74, 6) is -0.215. The van der Waals surface area contributed by atoms with Crippen LogP contribution >= 0.6 is 23.2 Å². The number of esters is 1. The zero-order chi connectivity index (χ0) is 17.3. The van der Waals surface area contributed by atoms with Crippen LogP contribution in [0.15, 0.2) is 30.5 Å². The maximum Gasteiger partial charge on any atom is 0.420 e. The number of nitrogens with zero attached hydrogens (tertiary/aromatic N) is 2. The van der Waals surface area contributed by atoms with Gasteiger partial charge in [-0.15, -0.1) is 0 Å². The number of carbonyl (C=O) groups is 2. The normalized spacial score (nSPS) is 13.3. The van der Waals surface area contributed by atoms with Gasteiger partial charge in [-0.05, 0) is 31.2 Å². The van der Waals surface area contributed by atoms with Crippen molar-refractivity contribution in [3.63, 3.8) is 0 Å². The average Bonchev–Trinajstić information content (AvgIpc) is 2.55. The highest BCUT2D eigenvalue weighted by Crippen LogP contribution is 2.37. The number of hydrogen-bond acceptors (Lipinski definition) is 5.